The van der Waals surface area contributed by atoms with Crippen molar-refractivity contribution < 1.29 is 8.78 Å². The van der Waals surface area contributed by atoms with Crippen LogP contribution < -0.4 is 0 Å². The first-order valence-electron chi connectivity index (χ1n) is 8.80. The third-order valence-electron chi connectivity index (χ3n) is 3.92. The van der Waals surface area contributed by atoms with Gasteiger partial charge in [-0.1, -0.05) is 49.6 Å². The minimum atomic E-state index is -0.587. The van der Waals surface area contributed by atoms with Crippen LogP contribution in [0.4, 0.5) is 8.78 Å². The van der Waals surface area contributed by atoms with Gasteiger partial charge in [0.2, 0.25) is 0 Å². The van der Waals surface area contributed by atoms with Crippen molar-refractivity contribution in [2.24, 2.45) is 0 Å². The van der Waals surface area contributed by atoms with Crippen LogP contribution in [0, 0.1) is 11.6 Å². The molecule has 0 aliphatic carbocycles. The van der Waals surface area contributed by atoms with Gasteiger partial charge in [-0.05, 0) is 50.1 Å². The van der Waals surface area contributed by atoms with E-state index in [1.54, 1.807) is 10.5 Å². The van der Waals surface area contributed by atoms with E-state index >= 15 is 0 Å². The molecule has 0 aliphatic rings. The maximum absolute atomic E-state index is 13.7. The van der Waals surface area contributed by atoms with Crippen LogP contribution in [0.15, 0.2) is 77.2 Å². The summed E-state index contributed by atoms with van der Waals surface area (Å²) in [6, 6.07) is 7.15. The standard InChI is InChI=1S/C15H11F2N3S.C7H12/c1-9(2)15-19-18-14-6-4-11(8-20(14)15)21-13-5-3-10(16)7-12(13)17;1-4-7(5-2)6-3/h3-8H,1H2,2H3;4-5H,1,6H2,2-3H3/b;7-5-. The Bertz CT molecular complexity index is 1020. The number of rotatable bonds is 5. The van der Waals surface area contributed by atoms with Crippen molar-refractivity contribution in [3.8, 4) is 0 Å². The Morgan fingerprint density at radius 1 is 1.21 bits per heavy atom. The van der Waals surface area contributed by atoms with E-state index in [0.717, 1.165) is 23.0 Å². The fourth-order valence-corrected chi connectivity index (χ4v) is 3.21. The third-order valence-corrected chi connectivity index (χ3v) is 4.95. The molecule has 0 unspecified atom stereocenters. The van der Waals surface area contributed by atoms with E-state index in [4.69, 9.17) is 0 Å². The van der Waals surface area contributed by atoms with Crippen LogP contribution >= 0.6 is 11.8 Å². The van der Waals surface area contributed by atoms with Crippen molar-refractivity contribution in [2.75, 3.05) is 0 Å². The predicted molar refractivity (Wildman–Crippen MR) is 112 cm³/mol. The zero-order chi connectivity index (χ0) is 20.7. The molecule has 2 aromatic heterocycles. The van der Waals surface area contributed by atoms with Gasteiger partial charge in [0.1, 0.15) is 11.6 Å². The first kappa shape index (κ1) is 21.6. The number of pyridine rings is 1. The summed E-state index contributed by atoms with van der Waals surface area (Å²) in [7, 11) is 0. The normalized spacial score (nSPS) is 11.1. The number of nitrogens with zero attached hydrogens (tertiary/aromatic N) is 3. The van der Waals surface area contributed by atoms with Crippen LogP contribution in [-0.2, 0) is 0 Å². The lowest BCUT2D eigenvalue weighted by molar-refractivity contribution is 0.565. The molecule has 0 atom stereocenters. The molecule has 1 aromatic carbocycles. The zero-order valence-corrected chi connectivity index (χ0v) is 17.1. The average Bonchev–Trinajstić information content (AvgIpc) is 3.09. The summed E-state index contributed by atoms with van der Waals surface area (Å²) in [4.78, 5) is 1.16. The number of fused-ring (bicyclic) bond motifs is 1. The summed E-state index contributed by atoms with van der Waals surface area (Å²) in [5, 5.41) is 8.09. The largest absolute Gasteiger partial charge is 0.282 e. The first-order valence-corrected chi connectivity index (χ1v) is 9.62. The average molecular weight is 400 g/mol. The van der Waals surface area contributed by atoms with Gasteiger partial charge in [0.05, 0.1) is 0 Å². The Kier molecular flexibility index (Phi) is 7.70. The molecule has 0 saturated carbocycles. The third kappa shape index (κ3) is 5.39. The minimum Gasteiger partial charge on any atom is -0.282 e. The molecule has 3 rings (SSSR count). The van der Waals surface area contributed by atoms with Crippen LogP contribution in [0.1, 0.15) is 33.0 Å². The van der Waals surface area contributed by atoms with E-state index in [9.17, 15) is 8.78 Å². The van der Waals surface area contributed by atoms with Gasteiger partial charge in [-0.3, -0.25) is 4.40 Å². The first-order chi connectivity index (χ1) is 13.4. The van der Waals surface area contributed by atoms with Gasteiger partial charge in [-0.15, -0.1) is 10.2 Å². The quantitative estimate of drug-likeness (QED) is 0.446. The van der Waals surface area contributed by atoms with Crippen molar-refractivity contribution in [3.05, 3.63) is 84.9 Å². The number of aromatic nitrogens is 3. The second-order valence-corrected chi connectivity index (χ2v) is 7.11. The number of hydrogen-bond donors (Lipinski definition) is 0. The summed E-state index contributed by atoms with van der Waals surface area (Å²) in [6.07, 6.45) is 6.87. The Balaban J connectivity index is 0.000000345. The van der Waals surface area contributed by atoms with Gasteiger partial charge >= 0.3 is 0 Å². The van der Waals surface area contributed by atoms with Crippen molar-refractivity contribution in [2.45, 2.75) is 37.0 Å². The molecule has 146 valence electrons. The molecule has 0 aliphatic heterocycles. The van der Waals surface area contributed by atoms with Crippen molar-refractivity contribution >= 4 is 23.0 Å². The lowest BCUT2D eigenvalue weighted by atomic mass is 10.2. The molecule has 0 radical (unpaired) electrons. The maximum atomic E-state index is 13.7. The summed E-state index contributed by atoms with van der Waals surface area (Å²) >= 11 is 1.21. The number of benzene rings is 1. The highest BCUT2D eigenvalue weighted by atomic mass is 32.2. The molecule has 2 heterocycles. The fourth-order valence-electron chi connectivity index (χ4n) is 2.37. The second-order valence-electron chi connectivity index (χ2n) is 6.00. The fraction of sp³-hybridized carbons (Fsp3) is 0.182. The minimum absolute atomic E-state index is 0.362. The highest BCUT2D eigenvalue weighted by molar-refractivity contribution is 7.99. The zero-order valence-electron chi connectivity index (χ0n) is 16.2. The molecular weight excluding hydrogens is 376 g/mol. The number of halogens is 2. The van der Waals surface area contributed by atoms with E-state index in [-0.39, 0.29) is 0 Å². The Morgan fingerprint density at radius 2 is 1.96 bits per heavy atom. The van der Waals surface area contributed by atoms with Crippen LogP contribution in [0.5, 0.6) is 0 Å². The molecule has 0 spiro atoms. The maximum Gasteiger partial charge on any atom is 0.163 e. The van der Waals surface area contributed by atoms with E-state index < -0.39 is 11.6 Å². The highest BCUT2D eigenvalue weighted by Gasteiger charge is 2.09. The van der Waals surface area contributed by atoms with Gasteiger partial charge < -0.3 is 0 Å². The van der Waals surface area contributed by atoms with Gasteiger partial charge in [0.15, 0.2) is 11.5 Å². The molecule has 6 heteroatoms. The van der Waals surface area contributed by atoms with Gasteiger partial charge in [0, 0.05) is 22.1 Å². The van der Waals surface area contributed by atoms with E-state index in [1.165, 1.54) is 29.5 Å². The topological polar surface area (TPSA) is 30.2 Å². The molecule has 0 amide bonds. The lowest BCUT2D eigenvalue weighted by Gasteiger charge is -2.05. The van der Waals surface area contributed by atoms with E-state index in [2.05, 4.69) is 36.4 Å². The Labute approximate surface area is 168 Å². The van der Waals surface area contributed by atoms with Crippen LogP contribution in [0.3, 0.4) is 0 Å². The lowest BCUT2D eigenvalue weighted by Crippen LogP contribution is -1.92. The molecule has 3 aromatic rings. The van der Waals surface area contributed by atoms with Crippen LogP contribution in [0.25, 0.3) is 11.2 Å². The number of hydrogen-bond acceptors (Lipinski definition) is 3. The summed E-state index contributed by atoms with van der Waals surface area (Å²) < 4.78 is 28.4. The monoisotopic (exact) mass is 399 g/mol. The van der Waals surface area contributed by atoms with Crippen molar-refractivity contribution in [1.82, 2.24) is 14.6 Å². The SMILES string of the molecule is C=C(C)c1nnc2ccc(Sc3ccc(F)cc3F)cn12.C=C/C(=C/C)CC. The summed E-state index contributed by atoms with van der Waals surface area (Å²) in [5.74, 6) is -0.508. The van der Waals surface area contributed by atoms with Gasteiger partial charge in [0.25, 0.3) is 0 Å². The van der Waals surface area contributed by atoms with Gasteiger partial charge in [-0.2, -0.15) is 0 Å². The van der Waals surface area contributed by atoms with Crippen LogP contribution in [0.2, 0.25) is 0 Å². The second kappa shape index (κ2) is 9.99. The molecule has 28 heavy (non-hydrogen) atoms. The molecular formula is C22H23F2N3S. The molecule has 0 bridgehead atoms. The molecule has 0 N–H and O–H groups in total. The Morgan fingerprint density at radius 3 is 2.50 bits per heavy atom. The smallest absolute Gasteiger partial charge is 0.163 e. The van der Waals surface area contributed by atoms with Gasteiger partial charge in [-0.25, -0.2) is 8.78 Å². The Hall–Kier alpha value is -2.73. The van der Waals surface area contributed by atoms with Crippen molar-refractivity contribution in [1.29, 1.82) is 0 Å². The summed E-state index contributed by atoms with van der Waals surface area (Å²) in [5.41, 5.74) is 2.80. The molecule has 3 nitrogen and oxygen atoms in total. The number of allylic oxidation sites excluding steroid dienone is 4. The van der Waals surface area contributed by atoms with Crippen molar-refractivity contribution in [3.63, 3.8) is 0 Å². The van der Waals surface area contributed by atoms with E-state index in [1.807, 2.05) is 32.2 Å². The summed E-state index contributed by atoms with van der Waals surface area (Å²) in [6.45, 7) is 13.5. The molecule has 0 fully saturated rings. The predicted octanol–water partition coefficient (Wildman–Crippen LogP) is 6.72. The van der Waals surface area contributed by atoms with Crippen LogP contribution in [-0.4, -0.2) is 14.6 Å². The molecule has 0 saturated heterocycles. The van der Waals surface area contributed by atoms with E-state index in [0.29, 0.717) is 16.4 Å². The highest BCUT2D eigenvalue weighted by Crippen LogP contribution is 2.30.